The molecule has 0 spiro atoms. The number of hydrogen-bond donors (Lipinski definition) is 2. The summed E-state index contributed by atoms with van der Waals surface area (Å²) in [6.45, 7) is 8.45. The van der Waals surface area contributed by atoms with Gasteiger partial charge in [-0.2, -0.15) is 0 Å². The van der Waals surface area contributed by atoms with Crippen molar-refractivity contribution in [2.45, 2.75) is 52.6 Å². The Morgan fingerprint density at radius 2 is 1.84 bits per heavy atom. The van der Waals surface area contributed by atoms with Crippen LogP contribution in [0.4, 0.5) is 0 Å². The maximum absolute atomic E-state index is 12.0. The van der Waals surface area contributed by atoms with Crippen molar-refractivity contribution >= 4 is 5.91 Å². The molecule has 0 heterocycles. The van der Waals surface area contributed by atoms with E-state index in [4.69, 9.17) is 5.73 Å². The van der Waals surface area contributed by atoms with Crippen molar-refractivity contribution in [3.63, 3.8) is 0 Å². The average molecular weight is 262 g/mol. The van der Waals surface area contributed by atoms with Gasteiger partial charge in [0.15, 0.2) is 0 Å². The number of carbonyl (C=O) groups excluding carboxylic acids is 1. The summed E-state index contributed by atoms with van der Waals surface area (Å²) in [6.07, 6.45) is 1.54. The number of rotatable bonds is 5. The van der Waals surface area contributed by atoms with Gasteiger partial charge >= 0.3 is 0 Å². The quantitative estimate of drug-likeness (QED) is 0.857. The van der Waals surface area contributed by atoms with Gasteiger partial charge in [0.25, 0.3) is 0 Å². The second-order valence-electron chi connectivity index (χ2n) is 6.25. The summed E-state index contributed by atoms with van der Waals surface area (Å²) >= 11 is 0. The number of benzene rings is 1. The molecule has 1 amide bonds. The molecular weight excluding hydrogens is 236 g/mol. The van der Waals surface area contributed by atoms with E-state index in [1.54, 1.807) is 0 Å². The van der Waals surface area contributed by atoms with Gasteiger partial charge in [0.1, 0.15) is 0 Å². The molecule has 3 nitrogen and oxygen atoms in total. The first kappa shape index (κ1) is 15.7. The molecule has 0 aliphatic carbocycles. The molecule has 0 bridgehead atoms. The van der Waals surface area contributed by atoms with E-state index < -0.39 is 6.04 Å². The van der Waals surface area contributed by atoms with Gasteiger partial charge in [-0.15, -0.1) is 0 Å². The Morgan fingerprint density at radius 3 is 2.32 bits per heavy atom. The molecular formula is C16H26N2O. The molecule has 3 N–H and O–H groups in total. The Balaban J connectivity index is 2.85. The molecule has 1 aromatic rings. The van der Waals surface area contributed by atoms with Crippen molar-refractivity contribution in [3.05, 3.63) is 35.9 Å². The van der Waals surface area contributed by atoms with Crippen LogP contribution in [0.15, 0.2) is 30.3 Å². The first-order valence-electron chi connectivity index (χ1n) is 6.94. The van der Waals surface area contributed by atoms with Crippen LogP contribution in [0.1, 0.15) is 52.1 Å². The van der Waals surface area contributed by atoms with Crippen molar-refractivity contribution in [3.8, 4) is 0 Å². The number of nitrogens with two attached hydrogens (primary N) is 1. The zero-order chi connectivity index (χ0) is 14.5. The minimum Gasteiger partial charge on any atom is -0.348 e. The molecule has 0 aromatic heterocycles. The first-order valence-corrected chi connectivity index (χ1v) is 6.94. The fourth-order valence-corrected chi connectivity index (χ4v) is 2.01. The lowest BCUT2D eigenvalue weighted by molar-refractivity contribution is -0.123. The zero-order valence-electron chi connectivity index (χ0n) is 12.4. The maximum atomic E-state index is 12.0. The number of nitrogens with one attached hydrogen (secondary N) is 1. The van der Waals surface area contributed by atoms with Crippen molar-refractivity contribution in [1.29, 1.82) is 0 Å². The summed E-state index contributed by atoms with van der Waals surface area (Å²) in [7, 11) is 0. The topological polar surface area (TPSA) is 55.1 Å². The normalized spacial score (nSPS) is 14.8. The minimum absolute atomic E-state index is 0.0197. The van der Waals surface area contributed by atoms with Crippen LogP contribution in [0.3, 0.4) is 0 Å². The molecule has 0 aliphatic heterocycles. The zero-order valence-corrected chi connectivity index (χ0v) is 12.4. The highest BCUT2D eigenvalue weighted by Crippen LogP contribution is 2.29. The van der Waals surface area contributed by atoms with E-state index in [1.165, 1.54) is 0 Å². The van der Waals surface area contributed by atoms with E-state index in [0.717, 1.165) is 12.0 Å². The SMILES string of the molecule is CC[C@@H](N)C(=O)NC(CC(C)(C)C)c1ccccc1. The highest BCUT2D eigenvalue weighted by molar-refractivity contribution is 5.81. The van der Waals surface area contributed by atoms with Crippen molar-refractivity contribution in [2.24, 2.45) is 11.1 Å². The van der Waals surface area contributed by atoms with Crippen LogP contribution in [-0.4, -0.2) is 11.9 Å². The Hall–Kier alpha value is -1.35. The summed E-state index contributed by atoms with van der Waals surface area (Å²) in [5.74, 6) is -0.0689. The van der Waals surface area contributed by atoms with Gasteiger partial charge < -0.3 is 11.1 Å². The lowest BCUT2D eigenvalue weighted by Gasteiger charge is -2.28. The van der Waals surface area contributed by atoms with Gasteiger partial charge in [0.05, 0.1) is 12.1 Å². The first-order chi connectivity index (χ1) is 8.83. The molecule has 0 saturated carbocycles. The Bertz CT molecular complexity index is 395. The summed E-state index contributed by atoms with van der Waals surface area (Å²) in [5.41, 5.74) is 7.07. The van der Waals surface area contributed by atoms with Gasteiger partial charge in [-0.05, 0) is 23.8 Å². The summed E-state index contributed by atoms with van der Waals surface area (Å²) in [6, 6.07) is 9.67. The largest absolute Gasteiger partial charge is 0.348 e. The average Bonchev–Trinajstić information content (AvgIpc) is 2.36. The molecule has 3 heteroatoms. The number of amides is 1. The lowest BCUT2D eigenvalue weighted by Crippen LogP contribution is -2.42. The molecule has 19 heavy (non-hydrogen) atoms. The molecule has 0 aliphatic rings. The van der Waals surface area contributed by atoms with Gasteiger partial charge in [-0.3, -0.25) is 4.79 Å². The Kier molecular flexibility index (Phi) is 5.55. The highest BCUT2D eigenvalue weighted by Gasteiger charge is 2.23. The second-order valence-corrected chi connectivity index (χ2v) is 6.25. The van der Waals surface area contributed by atoms with E-state index in [0.29, 0.717) is 6.42 Å². The highest BCUT2D eigenvalue weighted by atomic mass is 16.2. The monoisotopic (exact) mass is 262 g/mol. The molecule has 0 radical (unpaired) electrons. The summed E-state index contributed by atoms with van der Waals surface area (Å²) in [4.78, 5) is 12.0. The van der Waals surface area contributed by atoms with Crippen molar-refractivity contribution in [2.75, 3.05) is 0 Å². The molecule has 0 saturated heterocycles. The van der Waals surface area contributed by atoms with Crippen LogP contribution in [0.2, 0.25) is 0 Å². The van der Waals surface area contributed by atoms with Crippen LogP contribution in [-0.2, 0) is 4.79 Å². The number of hydrogen-bond acceptors (Lipinski definition) is 2. The van der Waals surface area contributed by atoms with E-state index in [1.807, 2.05) is 37.3 Å². The molecule has 1 unspecified atom stereocenters. The van der Waals surface area contributed by atoms with Crippen LogP contribution in [0, 0.1) is 5.41 Å². The fourth-order valence-electron chi connectivity index (χ4n) is 2.01. The third-order valence-corrected chi connectivity index (χ3v) is 3.11. The second kappa shape index (κ2) is 6.71. The molecule has 0 fully saturated rings. The predicted molar refractivity (Wildman–Crippen MR) is 79.7 cm³/mol. The van der Waals surface area contributed by atoms with Crippen LogP contribution >= 0.6 is 0 Å². The van der Waals surface area contributed by atoms with Crippen LogP contribution < -0.4 is 11.1 Å². The predicted octanol–water partition coefficient (Wildman–Crippen LogP) is 3.02. The van der Waals surface area contributed by atoms with E-state index in [2.05, 4.69) is 26.1 Å². The summed E-state index contributed by atoms with van der Waals surface area (Å²) in [5, 5.41) is 3.08. The van der Waals surface area contributed by atoms with Gasteiger partial charge in [0.2, 0.25) is 5.91 Å². The van der Waals surface area contributed by atoms with Gasteiger partial charge in [-0.25, -0.2) is 0 Å². The molecule has 1 rings (SSSR count). The van der Waals surface area contributed by atoms with E-state index >= 15 is 0 Å². The Morgan fingerprint density at radius 1 is 1.26 bits per heavy atom. The molecule has 106 valence electrons. The van der Waals surface area contributed by atoms with E-state index in [-0.39, 0.29) is 17.4 Å². The third kappa shape index (κ3) is 5.43. The standard InChI is InChI=1S/C16H26N2O/c1-5-13(17)15(19)18-14(11-16(2,3)4)12-9-7-6-8-10-12/h6-10,13-14H,5,11,17H2,1-4H3,(H,18,19)/t13-,14?/m1/s1. The molecule has 1 aromatic carbocycles. The van der Waals surface area contributed by atoms with E-state index in [9.17, 15) is 4.79 Å². The number of carbonyl (C=O) groups is 1. The van der Waals surface area contributed by atoms with Crippen LogP contribution in [0.5, 0.6) is 0 Å². The van der Waals surface area contributed by atoms with Crippen molar-refractivity contribution in [1.82, 2.24) is 5.32 Å². The third-order valence-electron chi connectivity index (χ3n) is 3.11. The van der Waals surface area contributed by atoms with Crippen molar-refractivity contribution < 1.29 is 4.79 Å². The lowest BCUT2D eigenvalue weighted by atomic mass is 9.85. The minimum atomic E-state index is -0.425. The maximum Gasteiger partial charge on any atom is 0.237 e. The van der Waals surface area contributed by atoms with Crippen LogP contribution in [0.25, 0.3) is 0 Å². The van der Waals surface area contributed by atoms with Gasteiger partial charge in [-0.1, -0.05) is 58.0 Å². The molecule has 2 atom stereocenters. The van der Waals surface area contributed by atoms with Gasteiger partial charge in [0, 0.05) is 0 Å². The summed E-state index contributed by atoms with van der Waals surface area (Å²) < 4.78 is 0. The fraction of sp³-hybridized carbons (Fsp3) is 0.562. The Labute approximate surface area is 116 Å². The smallest absolute Gasteiger partial charge is 0.237 e.